The summed E-state index contributed by atoms with van der Waals surface area (Å²) in [4.78, 5) is 20.2. The van der Waals surface area contributed by atoms with Gasteiger partial charge < -0.3 is 24.4 Å². The molecule has 6 rings (SSSR count). The van der Waals surface area contributed by atoms with Crippen LogP contribution in [0.1, 0.15) is 55.5 Å². The smallest absolute Gasteiger partial charge is 0.258 e. The summed E-state index contributed by atoms with van der Waals surface area (Å²) in [5.41, 5.74) is 3.68. The lowest BCUT2D eigenvalue weighted by atomic mass is 9.86. The first-order valence-electron chi connectivity index (χ1n) is 14.3. The van der Waals surface area contributed by atoms with Crippen molar-refractivity contribution >= 4 is 17.3 Å². The minimum Gasteiger partial charge on any atom is -0.491 e. The molecule has 204 valence electrons. The van der Waals surface area contributed by atoms with Crippen molar-refractivity contribution in [3.63, 3.8) is 0 Å². The van der Waals surface area contributed by atoms with E-state index in [1.807, 2.05) is 36.9 Å². The maximum absolute atomic E-state index is 13.4. The van der Waals surface area contributed by atoms with Crippen molar-refractivity contribution in [1.82, 2.24) is 4.90 Å². The average molecular weight is 520 g/mol. The van der Waals surface area contributed by atoms with Crippen molar-refractivity contribution in [2.24, 2.45) is 5.41 Å². The monoisotopic (exact) mass is 519 g/mol. The van der Waals surface area contributed by atoms with Gasteiger partial charge in [-0.25, -0.2) is 0 Å². The van der Waals surface area contributed by atoms with Gasteiger partial charge in [-0.1, -0.05) is 0 Å². The second-order valence-corrected chi connectivity index (χ2v) is 12.4. The van der Waals surface area contributed by atoms with E-state index >= 15 is 0 Å². The summed E-state index contributed by atoms with van der Waals surface area (Å²) in [6, 6.07) is 14.4. The first kappa shape index (κ1) is 25.7. The molecule has 3 saturated heterocycles. The number of nitrogens with zero attached hydrogens (tertiary/aromatic N) is 3. The molecule has 0 saturated carbocycles. The van der Waals surface area contributed by atoms with Crippen LogP contribution in [0.5, 0.6) is 5.75 Å². The van der Waals surface area contributed by atoms with Gasteiger partial charge in [-0.15, -0.1) is 0 Å². The molecule has 7 heteroatoms. The normalized spacial score (nSPS) is 26.0. The Morgan fingerprint density at radius 2 is 1.84 bits per heavy atom. The lowest BCUT2D eigenvalue weighted by Crippen LogP contribution is -2.39. The first-order valence-corrected chi connectivity index (χ1v) is 14.3. The van der Waals surface area contributed by atoms with E-state index in [-0.39, 0.29) is 12.0 Å². The molecule has 0 aliphatic carbocycles. The van der Waals surface area contributed by atoms with E-state index in [1.165, 1.54) is 18.5 Å². The first-order chi connectivity index (χ1) is 18.3. The van der Waals surface area contributed by atoms with E-state index in [0.29, 0.717) is 18.6 Å². The average Bonchev–Trinajstić information content (AvgIpc) is 3.65. The van der Waals surface area contributed by atoms with Crippen LogP contribution in [0.4, 0.5) is 11.4 Å². The zero-order valence-corrected chi connectivity index (χ0v) is 22.8. The van der Waals surface area contributed by atoms with Crippen molar-refractivity contribution in [3.05, 3.63) is 53.6 Å². The Kier molecular flexibility index (Phi) is 6.87. The van der Waals surface area contributed by atoms with E-state index in [0.717, 1.165) is 81.2 Å². The molecule has 0 bridgehead atoms. The lowest BCUT2D eigenvalue weighted by Gasteiger charge is -2.30. The van der Waals surface area contributed by atoms with Crippen molar-refractivity contribution in [2.45, 2.75) is 57.7 Å². The molecule has 4 aliphatic heterocycles. The molecule has 7 nitrogen and oxygen atoms in total. The molecule has 3 fully saturated rings. The van der Waals surface area contributed by atoms with E-state index in [1.54, 1.807) is 0 Å². The fraction of sp³-hybridized carbons (Fsp3) is 0.581. The number of amides is 1. The molecular formula is C31H41N3O4. The highest BCUT2D eigenvalue weighted by atomic mass is 16.5. The van der Waals surface area contributed by atoms with Gasteiger partial charge in [0.2, 0.25) is 0 Å². The minimum absolute atomic E-state index is 0.0580. The second-order valence-electron chi connectivity index (χ2n) is 12.4. The number of anilines is 2. The largest absolute Gasteiger partial charge is 0.491 e. The van der Waals surface area contributed by atoms with Crippen molar-refractivity contribution < 1.29 is 19.4 Å². The van der Waals surface area contributed by atoms with E-state index in [9.17, 15) is 9.90 Å². The standard InChI is InChI=1S/C31H41N3O4/c1-30(2,36)20-32-15-12-31(21-32)13-16-33(22-31)24-5-7-25(8-6-24)34-14-11-23-18-26(9-10-28(23)29(34)35)38-19-27-4-3-17-37-27/h5-10,18,27,36H,3-4,11-17,19-22H2,1-2H3/t27-,31-/m0/s1. The number of rotatable bonds is 7. The molecule has 2 aromatic rings. The number of fused-ring (bicyclic) bond motifs is 1. The summed E-state index contributed by atoms with van der Waals surface area (Å²) in [6.07, 6.45) is 5.54. The van der Waals surface area contributed by atoms with Gasteiger partial charge >= 0.3 is 0 Å². The molecular weight excluding hydrogens is 478 g/mol. The number of hydrogen-bond donors (Lipinski definition) is 1. The Hall–Kier alpha value is -2.61. The topological polar surface area (TPSA) is 65.5 Å². The van der Waals surface area contributed by atoms with Gasteiger partial charge in [-0.2, -0.15) is 0 Å². The Morgan fingerprint density at radius 1 is 1.05 bits per heavy atom. The number of hydrogen-bond acceptors (Lipinski definition) is 6. The molecule has 4 aliphatic rings. The van der Waals surface area contributed by atoms with Gasteiger partial charge in [0.15, 0.2) is 0 Å². The highest BCUT2D eigenvalue weighted by molar-refractivity contribution is 6.08. The molecule has 2 atom stereocenters. The van der Waals surface area contributed by atoms with Gasteiger partial charge in [0.1, 0.15) is 12.4 Å². The van der Waals surface area contributed by atoms with Crippen LogP contribution >= 0.6 is 0 Å². The third kappa shape index (κ3) is 5.42. The molecule has 1 amide bonds. The van der Waals surface area contributed by atoms with Crippen molar-refractivity contribution in [3.8, 4) is 5.75 Å². The Morgan fingerprint density at radius 3 is 2.61 bits per heavy atom. The van der Waals surface area contributed by atoms with Gasteiger partial charge in [0.25, 0.3) is 5.91 Å². The summed E-state index contributed by atoms with van der Waals surface area (Å²) < 4.78 is 11.6. The molecule has 38 heavy (non-hydrogen) atoms. The van der Waals surface area contributed by atoms with Crippen molar-refractivity contribution in [1.29, 1.82) is 0 Å². The Balaban J connectivity index is 1.07. The highest BCUT2D eigenvalue weighted by Crippen LogP contribution is 2.41. The Labute approximate surface area is 226 Å². The predicted octanol–water partition coefficient (Wildman–Crippen LogP) is 4.12. The number of carbonyl (C=O) groups excluding carboxylic acids is 1. The second kappa shape index (κ2) is 10.2. The van der Waals surface area contributed by atoms with Crippen LogP contribution in [-0.2, 0) is 11.2 Å². The van der Waals surface area contributed by atoms with Crippen LogP contribution in [0, 0.1) is 5.41 Å². The third-order valence-corrected chi connectivity index (χ3v) is 8.71. The summed E-state index contributed by atoms with van der Waals surface area (Å²) in [7, 11) is 0. The fourth-order valence-corrected chi connectivity index (χ4v) is 6.81. The number of likely N-dealkylation sites (tertiary alicyclic amines) is 1. The number of benzene rings is 2. The SMILES string of the molecule is CC(C)(O)CN1CC[C@]2(CCN(c3ccc(N4CCc5cc(OC[C@@H]6CCCO6)ccc5C4=O)cc3)C2)C1. The van der Waals surface area contributed by atoms with Gasteiger partial charge in [-0.3, -0.25) is 9.69 Å². The lowest BCUT2D eigenvalue weighted by molar-refractivity contribution is 0.0408. The van der Waals surface area contributed by atoms with Crippen LogP contribution in [0.3, 0.4) is 0 Å². The molecule has 0 radical (unpaired) electrons. The van der Waals surface area contributed by atoms with Crippen LogP contribution in [-0.4, -0.2) is 80.1 Å². The van der Waals surface area contributed by atoms with Crippen LogP contribution in [0.15, 0.2) is 42.5 Å². The number of aliphatic hydroxyl groups is 1. The van der Waals surface area contributed by atoms with E-state index in [4.69, 9.17) is 9.47 Å². The van der Waals surface area contributed by atoms with E-state index < -0.39 is 5.60 Å². The maximum Gasteiger partial charge on any atom is 0.258 e. The molecule has 0 unspecified atom stereocenters. The molecule has 0 aromatic heterocycles. The minimum atomic E-state index is -0.646. The molecule has 4 heterocycles. The summed E-state index contributed by atoms with van der Waals surface area (Å²) in [5.74, 6) is 0.876. The van der Waals surface area contributed by atoms with Gasteiger partial charge in [0, 0.05) is 61.7 Å². The zero-order chi connectivity index (χ0) is 26.3. The fourth-order valence-electron chi connectivity index (χ4n) is 6.81. The quantitative estimate of drug-likeness (QED) is 0.594. The van der Waals surface area contributed by atoms with Gasteiger partial charge in [-0.05, 0) is 101 Å². The number of ether oxygens (including phenoxy) is 2. The van der Waals surface area contributed by atoms with Gasteiger partial charge in [0.05, 0.1) is 11.7 Å². The number of carbonyl (C=O) groups is 1. The molecule has 1 N–H and O–H groups in total. The maximum atomic E-state index is 13.4. The third-order valence-electron chi connectivity index (χ3n) is 8.71. The van der Waals surface area contributed by atoms with Crippen molar-refractivity contribution in [2.75, 3.05) is 62.3 Å². The predicted molar refractivity (Wildman–Crippen MR) is 149 cm³/mol. The molecule has 2 aromatic carbocycles. The van der Waals surface area contributed by atoms with Crippen LogP contribution < -0.4 is 14.5 Å². The summed E-state index contributed by atoms with van der Waals surface area (Å²) in [5, 5.41) is 10.2. The summed E-state index contributed by atoms with van der Waals surface area (Å²) in [6.45, 7) is 10.8. The van der Waals surface area contributed by atoms with Crippen LogP contribution in [0.25, 0.3) is 0 Å². The van der Waals surface area contributed by atoms with Crippen LogP contribution in [0.2, 0.25) is 0 Å². The zero-order valence-electron chi connectivity index (χ0n) is 22.8. The summed E-state index contributed by atoms with van der Waals surface area (Å²) >= 11 is 0. The van der Waals surface area contributed by atoms with E-state index in [2.05, 4.69) is 34.1 Å². The Bertz CT molecular complexity index is 1150. The number of β-amino-alcohol motifs (C(OH)–C–C–N with tert-alkyl or cyclic N) is 1. The highest BCUT2D eigenvalue weighted by Gasteiger charge is 2.44. The molecule has 1 spiro atoms.